The van der Waals surface area contributed by atoms with Crippen molar-refractivity contribution in [3.63, 3.8) is 0 Å². The summed E-state index contributed by atoms with van der Waals surface area (Å²) >= 11 is 5.91. The summed E-state index contributed by atoms with van der Waals surface area (Å²) in [5, 5.41) is 2.52. The number of rotatable bonds is 1. The molecule has 1 N–H and O–H groups in total. The van der Waals surface area contributed by atoms with Crippen LogP contribution in [-0.2, 0) is 4.79 Å². The highest BCUT2D eigenvalue weighted by molar-refractivity contribution is 6.35. The predicted octanol–water partition coefficient (Wildman–Crippen LogP) is 1.91. The first-order valence-electron chi connectivity index (χ1n) is 4.20. The summed E-state index contributed by atoms with van der Waals surface area (Å²) in [6.07, 6.45) is 0. The molecule has 1 aromatic rings. The van der Waals surface area contributed by atoms with Crippen LogP contribution in [0.3, 0.4) is 0 Å². The molecule has 0 radical (unpaired) electrons. The molecule has 0 saturated carbocycles. The van der Waals surface area contributed by atoms with E-state index in [0.29, 0.717) is 10.7 Å². The molecule has 0 aromatic heterocycles. The minimum absolute atomic E-state index is 0.0769. The van der Waals surface area contributed by atoms with Crippen molar-refractivity contribution in [2.45, 2.75) is 0 Å². The fourth-order valence-electron chi connectivity index (χ4n) is 1.34. The molecule has 0 bridgehead atoms. The van der Waals surface area contributed by atoms with E-state index in [4.69, 9.17) is 11.6 Å². The number of para-hydroxylation sites is 1. The topological polar surface area (TPSA) is 49.4 Å². The van der Waals surface area contributed by atoms with E-state index in [1.165, 1.54) is 0 Å². The van der Waals surface area contributed by atoms with Crippen LogP contribution in [0.25, 0.3) is 0 Å². The lowest BCUT2D eigenvalue weighted by molar-refractivity contribution is -0.115. The number of nitrogens with zero attached hydrogens (tertiary/aromatic N) is 1. The van der Waals surface area contributed by atoms with E-state index in [1.54, 1.807) is 24.3 Å². The van der Waals surface area contributed by atoms with E-state index in [0.717, 1.165) is 4.90 Å². The quantitative estimate of drug-likeness (QED) is 0.583. The smallest absolute Gasteiger partial charge is 0.272 e. The number of amides is 3. The Morgan fingerprint density at radius 3 is 2.47 bits per heavy atom. The summed E-state index contributed by atoms with van der Waals surface area (Å²) in [4.78, 5) is 23.7. The largest absolute Gasteiger partial charge is 0.333 e. The first-order chi connectivity index (χ1) is 7.11. The van der Waals surface area contributed by atoms with Crippen molar-refractivity contribution in [3.05, 3.63) is 41.6 Å². The van der Waals surface area contributed by atoms with Crippen molar-refractivity contribution in [1.29, 1.82) is 0 Å². The van der Waals surface area contributed by atoms with Crippen LogP contribution in [0.1, 0.15) is 0 Å². The van der Waals surface area contributed by atoms with Crippen LogP contribution in [0.15, 0.2) is 36.5 Å². The van der Waals surface area contributed by atoms with Crippen molar-refractivity contribution in [1.82, 2.24) is 5.32 Å². The van der Waals surface area contributed by atoms with Crippen LogP contribution in [0.4, 0.5) is 10.5 Å². The van der Waals surface area contributed by atoms with Gasteiger partial charge in [0.15, 0.2) is 0 Å². The molecule has 4 nitrogen and oxygen atoms in total. The Balaban J connectivity index is 2.48. The van der Waals surface area contributed by atoms with Gasteiger partial charge >= 0.3 is 6.03 Å². The van der Waals surface area contributed by atoms with Crippen LogP contribution in [0.2, 0.25) is 5.02 Å². The zero-order valence-electron chi connectivity index (χ0n) is 7.66. The highest BCUT2D eigenvalue weighted by atomic mass is 35.5. The number of carbonyl (C=O) groups is 2. The van der Waals surface area contributed by atoms with Gasteiger partial charge < -0.3 is 0 Å². The lowest BCUT2D eigenvalue weighted by Crippen LogP contribution is -2.27. The molecule has 0 aliphatic carbocycles. The van der Waals surface area contributed by atoms with Crippen LogP contribution in [0.5, 0.6) is 0 Å². The van der Waals surface area contributed by atoms with Gasteiger partial charge in [-0.15, -0.1) is 0 Å². The molecule has 1 aliphatic heterocycles. The number of imide groups is 1. The van der Waals surface area contributed by atoms with Crippen LogP contribution >= 0.6 is 11.6 Å². The van der Waals surface area contributed by atoms with E-state index in [1.807, 2.05) is 0 Å². The molecule has 0 atom stereocenters. The van der Waals surface area contributed by atoms with Gasteiger partial charge in [-0.05, 0) is 12.1 Å². The molecule has 0 spiro atoms. The maximum Gasteiger partial charge on any atom is 0.333 e. The lowest BCUT2D eigenvalue weighted by atomic mass is 10.3. The molecule has 0 unspecified atom stereocenters. The van der Waals surface area contributed by atoms with Crippen molar-refractivity contribution >= 4 is 29.2 Å². The van der Waals surface area contributed by atoms with Crippen LogP contribution < -0.4 is 10.2 Å². The third-order valence-electron chi connectivity index (χ3n) is 2.05. The number of benzene rings is 1. The highest BCUT2D eigenvalue weighted by Gasteiger charge is 2.33. The second-order valence-corrected chi connectivity index (χ2v) is 3.40. The fraction of sp³-hybridized carbons (Fsp3) is 0. The Hall–Kier alpha value is -1.81. The number of anilines is 1. The van der Waals surface area contributed by atoms with Gasteiger partial charge in [0, 0.05) is 0 Å². The first kappa shape index (κ1) is 9.73. The average Bonchev–Trinajstić information content (AvgIpc) is 2.43. The number of nitrogens with one attached hydrogen (secondary N) is 1. The minimum atomic E-state index is -0.530. The summed E-state index contributed by atoms with van der Waals surface area (Å²) < 4.78 is 0. The van der Waals surface area contributed by atoms with Crippen LogP contribution in [-0.4, -0.2) is 11.9 Å². The molecule has 1 heterocycles. The second-order valence-electron chi connectivity index (χ2n) is 2.99. The third-order valence-corrected chi connectivity index (χ3v) is 2.37. The molecule has 1 fully saturated rings. The van der Waals surface area contributed by atoms with Crippen molar-refractivity contribution in [2.75, 3.05) is 4.90 Å². The number of hydrogen-bond acceptors (Lipinski definition) is 2. The highest BCUT2D eigenvalue weighted by Crippen LogP contribution is 2.29. The summed E-state index contributed by atoms with van der Waals surface area (Å²) in [5.41, 5.74) is 0.528. The van der Waals surface area contributed by atoms with Gasteiger partial charge in [0.05, 0.1) is 10.7 Å². The fourth-order valence-corrected chi connectivity index (χ4v) is 1.56. The van der Waals surface area contributed by atoms with Gasteiger partial charge in [0.2, 0.25) is 0 Å². The van der Waals surface area contributed by atoms with Gasteiger partial charge in [0.1, 0.15) is 5.70 Å². The van der Waals surface area contributed by atoms with Crippen molar-refractivity contribution in [3.8, 4) is 0 Å². The van der Waals surface area contributed by atoms with E-state index >= 15 is 0 Å². The third kappa shape index (κ3) is 1.49. The van der Waals surface area contributed by atoms with Crippen molar-refractivity contribution in [2.24, 2.45) is 0 Å². The molecule has 2 rings (SSSR count). The Bertz CT molecular complexity index is 470. The summed E-state index contributed by atoms with van der Waals surface area (Å²) in [5.74, 6) is -0.500. The second kappa shape index (κ2) is 3.40. The zero-order chi connectivity index (χ0) is 11.0. The van der Waals surface area contributed by atoms with Crippen molar-refractivity contribution < 1.29 is 9.59 Å². The maximum absolute atomic E-state index is 11.4. The van der Waals surface area contributed by atoms with Gasteiger partial charge in [-0.2, -0.15) is 0 Å². The maximum atomic E-state index is 11.4. The van der Waals surface area contributed by atoms with Gasteiger partial charge in [-0.25, -0.2) is 4.79 Å². The predicted molar refractivity (Wildman–Crippen MR) is 56.6 cm³/mol. The van der Waals surface area contributed by atoms with E-state index < -0.39 is 11.9 Å². The standard InChI is InChI=1S/C10H7ClN2O2/c1-6-9(14)12-10(15)13(6)8-5-3-2-4-7(8)11/h2-5H,1H2,(H,12,14,15). The summed E-state index contributed by atoms with van der Waals surface area (Å²) in [6, 6.07) is 6.22. The minimum Gasteiger partial charge on any atom is -0.272 e. The molecular formula is C10H7ClN2O2. The molecule has 3 amide bonds. The molecule has 15 heavy (non-hydrogen) atoms. The molecule has 76 valence electrons. The van der Waals surface area contributed by atoms with Crippen LogP contribution in [0, 0.1) is 0 Å². The van der Waals surface area contributed by atoms with Gasteiger partial charge in [-0.1, -0.05) is 30.3 Å². The monoisotopic (exact) mass is 222 g/mol. The average molecular weight is 223 g/mol. The van der Waals surface area contributed by atoms with E-state index in [2.05, 4.69) is 11.9 Å². The normalized spacial score (nSPS) is 15.8. The van der Waals surface area contributed by atoms with Gasteiger partial charge in [-0.3, -0.25) is 15.0 Å². The molecular weight excluding hydrogens is 216 g/mol. The Morgan fingerprint density at radius 1 is 1.27 bits per heavy atom. The number of hydrogen-bond donors (Lipinski definition) is 1. The number of carbonyl (C=O) groups excluding carboxylic acids is 2. The summed E-state index contributed by atoms with van der Waals surface area (Å²) in [7, 11) is 0. The first-order valence-corrected chi connectivity index (χ1v) is 4.58. The summed E-state index contributed by atoms with van der Waals surface area (Å²) in [6.45, 7) is 3.52. The molecule has 1 aliphatic rings. The van der Waals surface area contributed by atoms with Gasteiger partial charge in [0.25, 0.3) is 5.91 Å². The molecule has 1 saturated heterocycles. The van der Waals surface area contributed by atoms with E-state index in [-0.39, 0.29) is 5.70 Å². The lowest BCUT2D eigenvalue weighted by Gasteiger charge is -2.15. The Morgan fingerprint density at radius 2 is 1.93 bits per heavy atom. The van der Waals surface area contributed by atoms with E-state index in [9.17, 15) is 9.59 Å². The molecule has 5 heteroatoms. The zero-order valence-corrected chi connectivity index (χ0v) is 8.41. The number of urea groups is 1. The Labute approximate surface area is 91.1 Å². The SMILES string of the molecule is C=C1C(=O)NC(=O)N1c1ccccc1Cl. The Kier molecular flexibility index (Phi) is 2.21. The molecule has 1 aromatic carbocycles. The number of halogens is 1.